The third-order valence-corrected chi connectivity index (χ3v) is 8.33. The summed E-state index contributed by atoms with van der Waals surface area (Å²) in [5.41, 5.74) is 3.99. The van der Waals surface area contributed by atoms with E-state index in [2.05, 4.69) is 18.8 Å². The van der Waals surface area contributed by atoms with Gasteiger partial charge in [0.05, 0.1) is 21.8 Å². The molecule has 1 fully saturated rings. The molecule has 6 rings (SSSR count). The summed E-state index contributed by atoms with van der Waals surface area (Å²) in [5, 5.41) is 12.5. The lowest BCUT2D eigenvalue weighted by Gasteiger charge is -2.23. The van der Waals surface area contributed by atoms with Gasteiger partial charge in [-0.05, 0) is 65.9 Å². The molecular formula is C30H25ClN2O4S. The van der Waals surface area contributed by atoms with Crippen LogP contribution in [0.4, 0.5) is 5.13 Å². The van der Waals surface area contributed by atoms with E-state index in [1.54, 1.807) is 30.3 Å². The van der Waals surface area contributed by atoms with Crippen LogP contribution in [0.3, 0.4) is 0 Å². The summed E-state index contributed by atoms with van der Waals surface area (Å²) >= 11 is 7.46. The number of aromatic nitrogens is 1. The number of amides is 1. The third-order valence-electron chi connectivity index (χ3n) is 7.08. The predicted molar refractivity (Wildman–Crippen MR) is 150 cm³/mol. The van der Waals surface area contributed by atoms with Crippen molar-refractivity contribution in [2.75, 3.05) is 4.90 Å². The molecule has 192 valence electrons. The van der Waals surface area contributed by atoms with Gasteiger partial charge >= 0.3 is 5.91 Å². The molecular weight excluding hydrogens is 520 g/mol. The molecule has 0 aliphatic carbocycles. The highest BCUT2D eigenvalue weighted by Crippen LogP contribution is 2.45. The molecule has 8 heteroatoms. The molecule has 0 spiro atoms. The van der Waals surface area contributed by atoms with Crippen LogP contribution in [-0.2, 0) is 16.0 Å². The fraction of sp³-hybridized carbons (Fsp3) is 0.233. The molecule has 3 heterocycles. The number of aliphatic hydroxyl groups excluding tert-OH is 1. The Balaban J connectivity index is 1.53. The van der Waals surface area contributed by atoms with Gasteiger partial charge in [0.25, 0.3) is 5.78 Å². The maximum absolute atomic E-state index is 13.5. The predicted octanol–water partition coefficient (Wildman–Crippen LogP) is 7.02. The van der Waals surface area contributed by atoms with Gasteiger partial charge in [-0.2, -0.15) is 0 Å². The number of aliphatic hydroxyl groups is 1. The smallest absolute Gasteiger partial charge is 0.301 e. The molecule has 0 saturated carbocycles. The second kappa shape index (κ2) is 9.26. The van der Waals surface area contributed by atoms with E-state index in [-0.39, 0.29) is 17.4 Å². The van der Waals surface area contributed by atoms with E-state index in [4.69, 9.17) is 16.3 Å². The molecule has 0 bridgehead atoms. The zero-order valence-corrected chi connectivity index (χ0v) is 22.6. The zero-order chi connectivity index (χ0) is 26.7. The topological polar surface area (TPSA) is 79.7 Å². The first-order chi connectivity index (χ1) is 18.2. The van der Waals surface area contributed by atoms with E-state index in [1.165, 1.54) is 16.2 Å². The molecule has 2 atom stereocenters. The minimum absolute atomic E-state index is 0.0384. The lowest BCUT2D eigenvalue weighted by atomic mass is 9.93. The van der Waals surface area contributed by atoms with Crippen molar-refractivity contribution in [3.05, 3.63) is 93.5 Å². The number of halogens is 1. The lowest BCUT2D eigenvalue weighted by Crippen LogP contribution is -2.29. The minimum Gasteiger partial charge on any atom is -0.507 e. The number of benzene rings is 3. The first-order valence-corrected chi connectivity index (χ1v) is 13.7. The van der Waals surface area contributed by atoms with Crippen molar-refractivity contribution in [1.82, 2.24) is 4.98 Å². The van der Waals surface area contributed by atoms with Crippen LogP contribution in [0.2, 0.25) is 5.02 Å². The summed E-state index contributed by atoms with van der Waals surface area (Å²) in [4.78, 5) is 33.1. The number of carbonyl (C=O) groups is 2. The van der Waals surface area contributed by atoms with Crippen LogP contribution in [0.1, 0.15) is 55.0 Å². The van der Waals surface area contributed by atoms with Crippen LogP contribution in [0, 0.1) is 0 Å². The van der Waals surface area contributed by atoms with Gasteiger partial charge in [-0.15, -0.1) is 0 Å². The zero-order valence-electron chi connectivity index (χ0n) is 21.1. The van der Waals surface area contributed by atoms with Gasteiger partial charge < -0.3 is 9.84 Å². The number of Topliss-reactive ketones (excluding diaryl/α,β-unsaturated/α-hetero) is 1. The van der Waals surface area contributed by atoms with Crippen molar-refractivity contribution in [1.29, 1.82) is 0 Å². The second-order valence-corrected chi connectivity index (χ2v) is 11.5. The highest BCUT2D eigenvalue weighted by molar-refractivity contribution is 7.22. The third kappa shape index (κ3) is 4.06. The van der Waals surface area contributed by atoms with Crippen molar-refractivity contribution in [2.24, 2.45) is 0 Å². The lowest BCUT2D eigenvalue weighted by molar-refractivity contribution is -0.132. The molecule has 2 aliphatic heterocycles. The number of ether oxygens (including phenoxy) is 1. The first kappa shape index (κ1) is 24.6. The van der Waals surface area contributed by atoms with Crippen molar-refractivity contribution in [2.45, 2.75) is 45.3 Å². The van der Waals surface area contributed by atoms with E-state index >= 15 is 0 Å². The Morgan fingerprint density at radius 2 is 1.87 bits per heavy atom. The van der Waals surface area contributed by atoms with E-state index < -0.39 is 17.7 Å². The number of ketones is 1. The Bertz CT molecular complexity index is 1640. The Morgan fingerprint density at radius 3 is 2.61 bits per heavy atom. The molecule has 4 aromatic rings. The summed E-state index contributed by atoms with van der Waals surface area (Å²) in [6.07, 6.45) is 0.749. The van der Waals surface area contributed by atoms with Gasteiger partial charge in [0.15, 0.2) is 5.13 Å². The Kier molecular flexibility index (Phi) is 6.00. The van der Waals surface area contributed by atoms with E-state index in [0.717, 1.165) is 21.6 Å². The summed E-state index contributed by atoms with van der Waals surface area (Å²) in [6.45, 7) is 6.19. The SMILES string of the molecule is CC(C)c1ccc([C@@H]2C(=C(O)c3ccc4c(c3)C[C@@H](C)O4)C(=O)C(=O)N2c2nc3ccc(Cl)cc3s2)cc1. The molecule has 2 aliphatic rings. The number of carbonyl (C=O) groups excluding carboxylic acids is 2. The van der Waals surface area contributed by atoms with E-state index in [0.29, 0.717) is 39.1 Å². The molecule has 3 aromatic carbocycles. The average molecular weight is 545 g/mol. The van der Waals surface area contributed by atoms with Crippen LogP contribution in [0.5, 0.6) is 5.75 Å². The maximum atomic E-state index is 13.5. The summed E-state index contributed by atoms with van der Waals surface area (Å²) in [5.74, 6) is -0.602. The minimum atomic E-state index is -0.837. The maximum Gasteiger partial charge on any atom is 0.301 e. The van der Waals surface area contributed by atoms with Crippen molar-refractivity contribution in [3.8, 4) is 5.75 Å². The number of nitrogens with zero attached hydrogens (tertiary/aromatic N) is 2. The first-order valence-electron chi connectivity index (χ1n) is 12.5. The summed E-state index contributed by atoms with van der Waals surface area (Å²) in [7, 11) is 0. The molecule has 1 N–H and O–H groups in total. The van der Waals surface area contributed by atoms with Gasteiger partial charge in [-0.25, -0.2) is 4.98 Å². The van der Waals surface area contributed by atoms with Gasteiger partial charge in [0, 0.05) is 17.0 Å². The van der Waals surface area contributed by atoms with Gasteiger partial charge in [-0.1, -0.05) is 61.1 Å². The Labute approximate surface area is 229 Å². The van der Waals surface area contributed by atoms with Crippen LogP contribution >= 0.6 is 22.9 Å². The van der Waals surface area contributed by atoms with Crippen LogP contribution in [-0.4, -0.2) is 27.9 Å². The number of thiazole rings is 1. The number of anilines is 1. The quantitative estimate of drug-likeness (QED) is 0.170. The fourth-order valence-corrected chi connectivity index (χ4v) is 6.39. The highest BCUT2D eigenvalue weighted by atomic mass is 35.5. The summed E-state index contributed by atoms with van der Waals surface area (Å²) < 4.78 is 6.60. The van der Waals surface area contributed by atoms with E-state index in [1.807, 2.05) is 37.3 Å². The number of hydrogen-bond donors (Lipinski definition) is 1. The van der Waals surface area contributed by atoms with Gasteiger partial charge in [0.2, 0.25) is 0 Å². The molecule has 0 unspecified atom stereocenters. The van der Waals surface area contributed by atoms with Crippen molar-refractivity contribution < 1.29 is 19.4 Å². The van der Waals surface area contributed by atoms with Gasteiger partial charge in [-0.3, -0.25) is 14.5 Å². The largest absolute Gasteiger partial charge is 0.507 e. The highest BCUT2D eigenvalue weighted by Gasteiger charge is 2.48. The molecule has 1 saturated heterocycles. The fourth-order valence-electron chi connectivity index (χ4n) is 5.12. The summed E-state index contributed by atoms with van der Waals surface area (Å²) in [6, 6.07) is 17.6. The van der Waals surface area contributed by atoms with Crippen molar-refractivity contribution in [3.63, 3.8) is 0 Å². The molecule has 0 radical (unpaired) electrons. The monoisotopic (exact) mass is 544 g/mol. The normalized spacial score (nSPS) is 20.4. The molecule has 6 nitrogen and oxygen atoms in total. The number of rotatable bonds is 4. The average Bonchev–Trinajstić information content (AvgIpc) is 3.55. The van der Waals surface area contributed by atoms with Crippen LogP contribution < -0.4 is 9.64 Å². The van der Waals surface area contributed by atoms with Crippen LogP contribution in [0.15, 0.2) is 66.2 Å². The van der Waals surface area contributed by atoms with Crippen molar-refractivity contribution >= 4 is 55.7 Å². The second-order valence-electron chi connectivity index (χ2n) is 10.1. The Morgan fingerprint density at radius 1 is 1.11 bits per heavy atom. The van der Waals surface area contributed by atoms with Gasteiger partial charge in [0.1, 0.15) is 17.6 Å². The molecule has 38 heavy (non-hydrogen) atoms. The number of fused-ring (bicyclic) bond motifs is 2. The number of hydrogen-bond acceptors (Lipinski definition) is 6. The van der Waals surface area contributed by atoms with Crippen LogP contribution in [0.25, 0.3) is 16.0 Å². The molecule has 1 aromatic heterocycles. The van der Waals surface area contributed by atoms with E-state index in [9.17, 15) is 14.7 Å². The molecule has 1 amide bonds. The standard InChI is InChI=1S/C30H25ClN2O4S/c1-15(2)17-4-6-18(7-5-17)26-25(27(34)19-8-11-23-20(13-19)12-16(3)37-23)28(35)29(36)33(26)30-32-22-10-9-21(31)14-24(22)38-30/h4-11,13-16,26,34H,12H2,1-3H3/t16-,26-/m1/s1. The Hall–Kier alpha value is -3.68.